The van der Waals surface area contributed by atoms with E-state index in [1.54, 1.807) is 11.9 Å². The summed E-state index contributed by atoms with van der Waals surface area (Å²) < 4.78 is 0. The molecule has 3 aromatic rings. The van der Waals surface area contributed by atoms with Crippen LogP contribution in [0.2, 0.25) is 0 Å². The highest BCUT2D eigenvalue weighted by Crippen LogP contribution is 2.24. The molecule has 1 saturated heterocycles. The number of amides is 2. The number of para-hydroxylation sites is 2. The Hall–Kier alpha value is -3.15. The molecule has 6 heteroatoms. The number of rotatable bonds is 4. The van der Waals surface area contributed by atoms with Crippen molar-refractivity contribution in [3.05, 3.63) is 66.0 Å². The van der Waals surface area contributed by atoms with Crippen LogP contribution in [0.1, 0.15) is 23.9 Å². The number of aromatic amines is 1. The molecule has 26 heavy (non-hydrogen) atoms. The molecule has 0 spiro atoms. The van der Waals surface area contributed by atoms with Crippen LogP contribution >= 0.6 is 0 Å². The van der Waals surface area contributed by atoms with E-state index in [-0.39, 0.29) is 24.2 Å². The minimum atomic E-state index is -0.392. The second-order valence-electron chi connectivity index (χ2n) is 6.67. The smallest absolute Gasteiger partial charge is 0.226 e. The number of hydrogen-bond acceptors (Lipinski definition) is 3. The summed E-state index contributed by atoms with van der Waals surface area (Å²) in [4.78, 5) is 34.1. The summed E-state index contributed by atoms with van der Waals surface area (Å²) in [5.74, 6) is 0.230. The monoisotopic (exact) mass is 348 g/mol. The lowest BCUT2D eigenvalue weighted by molar-refractivity contribution is -0.128. The number of hydrogen-bond donors (Lipinski definition) is 2. The van der Waals surface area contributed by atoms with Crippen LogP contribution in [0.15, 0.2) is 54.6 Å². The Morgan fingerprint density at radius 2 is 1.92 bits per heavy atom. The lowest BCUT2D eigenvalue weighted by Crippen LogP contribution is -2.36. The van der Waals surface area contributed by atoms with Crippen molar-refractivity contribution in [1.82, 2.24) is 20.2 Å². The molecule has 1 aromatic heterocycles. The fourth-order valence-corrected chi connectivity index (χ4v) is 3.36. The lowest BCUT2D eigenvalue weighted by Gasteiger charge is -2.19. The fourth-order valence-electron chi connectivity index (χ4n) is 3.36. The molecule has 2 N–H and O–H groups in total. The first-order chi connectivity index (χ1) is 12.6. The zero-order valence-electron chi connectivity index (χ0n) is 14.5. The van der Waals surface area contributed by atoms with Gasteiger partial charge in [0.1, 0.15) is 11.9 Å². The van der Waals surface area contributed by atoms with E-state index in [2.05, 4.69) is 15.3 Å². The Bertz CT molecular complexity index is 918. The van der Waals surface area contributed by atoms with Gasteiger partial charge in [0.15, 0.2) is 0 Å². The summed E-state index contributed by atoms with van der Waals surface area (Å²) >= 11 is 0. The molecule has 0 bridgehead atoms. The molecular formula is C20H20N4O2. The Kier molecular flexibility index (Phi) is 4.16. The van der Waals surface area contributed by atoms with Crippen molar-refractivity contribution in [3.8, 4) is 0 Å². The van der Waals surface area contributed by atoms with Gasteiger partial charge in [0, 0.05) is 20.0 Å². The van der Waals surface area contributed by atoms with Gasteiger partial charge in [-0.3, -0.25) is 9.59 Å². The van der Waals surface area contributed by atoms with Gasteiger partial charge >= 0.3 is 0 Å². The van der Waals surface area contributed by atoms with E-state index < -0.39 is 6.04 Å². The molecular weight excluding hydrogens is 328 g/mol. The molecule has 132 valence electrons. The van der Waals surface area contributed by atoms with Crippen molar-refractivity contribution < 1.29 is 9.59 Å². The number of benzene rings is 2. The Labute approximate surface area is 151 Å². The zero-order valence-corrected chi connectivity index (χ0v) is 14.5. The number of likely N-dealkylation sites (tertiary alicyclic amines) is 1. The topological polar surface area (TPSA) is 78.1 Å². The van der Waals surface area contributed by atoms with E-state index in [9.17, 15) is 9.59 Å². The summed E-state index contributed by atoms with van der Waals surface area (Å²) in [6.45, 7) is 0.451. The molecule has 1 fully saturated rings. The first-order valence-electron chi connectivity index (χ1n) is 8.66. The second kappa shape index (κ2) is 6.63. The van der Waals surface area contributed by atoms with Crippen molar-refractivity contribution in [2.24, 2.45) is 5.92 Å². The maximum atomic E-state index is 12.8. The molecule has 1 aliphatic heterocycles. The van der Waals surface area contributed by atoms with Gasteiger partial charge in [-0.2, -0.15) is 0 Å². The molecule has 2 amide bonds. The first kappa shape index (κ1) is 16.3. The third kappa shape index (κ3) is 3.06. The quantitative estimate of drug-likeness (QED) is 0.759. The summed E-state index contributed by atoms with van der Waals surface area (Å²) in [5.41, 5.74) is 2.72. The molecule has 0 aliphatic carbocycles. The third-order valence-electron chi connectivity index (χ3n) is 4.81. The molecule has 2 atom stereocenters. The van der Waals surface area contributed by atoms with Gasteiger partial charge < -0.3 is 15.2 Å². The van der Waals surface area contributed by atoms with Crippen LogP contribution in [0.4, 0.5) is 0 Å². The van der Waals surface area contributed by atoms with Gasteiger partial charge in [0.05, 0.1) is 17.0 Å². The molecule has 0 unspecified atom stereocenters. The van der Waals surface area contributed by atoms with Crippen LogP contribution in [0.25, 0.3) is 11.0 Å². The third-order valence-corrected chi connectivity index (χ3v) is 4.81. The largest absolute Gasteiger partial charge is 0.345 e. The van der Waals surface area contributed by atoms with Crippen molar-refractivity contribution >= 4 is 22.8 Å². The van der Waals surface area contributed by atoms with Crippen molar-refractivity contribution in [3.63, 3.8) is 0 Å². The Morgan fingerprint density at radius 1 is 1.19 bits per heavy atom. The van der Waals surface area contributed by atoms with Gasteiger partial charge in [0.2, 0.25) is 11.8 Å². The van der Waals surface area contributed by atoms with Crippen LogP contribution in [0, 0.1) is 5.92 Å². The van der Waals surface area contributed by atoms with Crippen molar-refractivity contribution in [2.45, 2.75) is 12.5 Å². The van der Waals surface area contributed by atoms with Gasteiger partial charge in [-0.1, -0.05) is 42.5 Å². The number of fused-ring (bicyclic) bond motifs is 1. The average Bonchev–Trinajstić information content (AvgIpc) is 3.23. The van der Waals surface area contributed by atoms with E-state index >= 15 is 0 Å². The first-order valence-corrected chi connectivity index (χ1v) is 8.66. The maximum Gasteiger partial charge on any atom is 0.226 e. The number of H-pyrrole nitrogens is 1. The Balaban J connectivity index is 1.65. The van der Waals surface area contributed by atoms with Crippen LogP contribution < -0.4 is 5.32 Å². The lowest BCUT2D eigenvalue weighted by atomic mass is 10.0. The Morgan fingerprint density at radius 3 is 2.62 bits per heavy atom. The van der Waals surface area contributed by atoms with Gasteiger partial charge in [-0.25, -0.2) is 4.98 Å². The minimum Gasteiger partial charge on any atom is -0.345 e. The predicted octanol–water partition coefficient (Wildman–Crippen LogP) is 2.25. The number of nitrogens with one attached hydrogen (secondary N) is 2. The molecule has 4 rings (SSSR count). The molecule has 0 saturated carbocycles. The molecule has 0 radical (unpaired) electrons. The molecule has 2 heterocycles. The molecule has 1 aliphatic rings. The number of carbonyl (C=O) groups is 2. The van der Waals surface area contributed by atoms with E-state index in [1.165, 1.54) is 0 Å². The minimum absolute atomic E-state index is 0.00477. The zero-order chi connectivity index (χ0) is 18.1. The molecule has 6 nitrogen and oxygen atoms in total. The highest BCUT2D eigenvalue weighted by Gasteiger charge is 2.33. The maximum absolute atomic E-state index is 12.8. The normalized spacial score (nSPS) is 18.3. The average molecular weight is 348 g/mol. The van der Waals surface area contributed by atoms with Gasteiger partial charge in [0.25, 0.3) is 0 Å². The van der Waals surface area contributed by atoms with Crippen molar-refractivity contribution in [1.29, 1.82) is 0 Å². The van der Waals surface area contributed by atoms with E-state index in [0.29, 0.717) is 12.4 Å². The highest BCUT2D eigenvalue weighted by atomic mass is 16.2. The van der Waals surface area contributed by atoms with Crippen LogP contribution in [-0.2, 0) is 9.59 Å². The number of nitrogens with zero attached hydrogens (tertiary/aromatic N) is 2. The molecule has 2 aromatic carbocycles. The SMILES string of the molecule is CN1C[C@@H](C(=O)N[C@@H](c2ccccc2)c2nc3ccccc3[nH]2)CC1=O. The fraction of sp³-hybridized carbons (Fsp3) is 0.250. The van der Waals surface area contributed by atoms with E-state index in [0.717, 1.165) is 16.6 Å². The summed E-state index contributed by atoms with van der Waals surface area (Å²) in [5, 5.41) is 3.08. The van der Waals surface area contributed by atoms with Crippen LogP contribution in [0.3, 0.4) is 0 Å². The standard InChI is InChI=1S/C20H20N4O2/c1-24-12-14(11-17(24)25)20(26)23-18(13-7-3-2-4-8-13)19-21-15-9-5-6-10-16(15)22-19/h2-10,14,18H,11-12H2,1H3,(H,21,22)(H,23,26)/t14-,18-/m0/s1. The van der Waals surface area contributed by atoms with Gasteiger partial charge in [-0.05, 0) is 17.7 Å². The van der Waals surface area contributed by atoms with Crippen molar-refractivity contribution in [2.75, 3.05) is 13.6 Å². The predicted molar refractivity (Wildman–Crippen MR) is 98.3 cm³/mol. The summed E-state index contributed by atoms with van der Waals surface area (Å²) in [6, 6.07) is 17.1. The number of imidazole rings is 1. The van der Waals surface area contributed by atoms with E-state index in [1.807, 2.05) is 54.6 Å². The number of carbonyl (C=O) groups excluding carboxylic acids is 2. The summed E-state index contributed by atoms with van der Waals surface area (Å²) in [7, 11) is 1.73. The van der Waals surface area contributed by atoms with Crippen LogP contribution in [0.5, 0.6) is 0 Å². The second-order valence-corrected chi connectivity index (χ2v) is 6.67. The van der Waals surface area contributed by atoms with Crippen LogP contribution in [-0.4, -0.2) is 40.3 Å². The summed E-state index contributed by atoms with van der Waals surface area (Å²) in [6.07, 6.45) is 0.254. The van der Waals surface area contributed by atoms with Gasteiger partial charge in [-0.15, -0.1) is 0 Å². The highest BCUT2D eigenvalue weighted by molar-refractivity contribution is 5.89. The number of aromatic nitrogens is 2. The van der Waals surface area contributed by atoms with E-state index in [4.69, 9.17) is 0 Å².